The van der Waals surface area contributed by atoms with Crippen LogP contribution in [0.4, 0.5) is 11.6 Å². The zero-order valence-corrected chi connectivity index (χ0v) is 24.9. The molecule has 5 rings (SSSR count). The van der Waals surface area contributed by atoms with Crippen LogP contribution in [0.1, 0.15) is 67.5 Å². The molecule has 2 heterocycles. The van der Waals surface area contributed by atoms with Crippen molar-refractivity contribution in [3.8, 4) is 11.1 Å². The standard InChI is InChI=1S/C34H39BN3O3/c1-20-15-27(32-28(16-20)31(39)22(3)33(41-32)38-13-11-34(5,6)12-14-38)23(4)37-29-10-8-7-9-26(29)24-17-21(2)30(35-40)25(18-24)19-36/h7-10,15-19,23,36-37,40H,11-14H2,1-6H3/t23-/m1/s1. The van der Waals surface area contributed by atoms with Crippen molar-refractivity contribution in [1.29, 1.82) is 5.41 Å². The first-order valence-corrected chi connectivity index (χ1v) is 14.3. The van der Waals surface area contributed by atoms with Gasteiger partial charge in [-0.05, 0) is 86.3 Å². The van der Waals surface area contributed by atoms with Gasteiger partial charge in [-0.25, -0.2) is 0 Å². The number of benzene rings is 3. The quantitative estimate of drug-likeness (QED) is 0.183. The SMILES string of the molecule is Cc1cc([C@@H](C)Nc2ccccc2-c2cc(C)c([B]O)c(C=N)c2)c2oc(N3CCC(C)(C)CC3)c(C)c(=O)c2c1. The van der Waals surface area contributed by atoms with Crippen molar-refractivity contribution < 1.29 is 9.44 Å². The highest BCUT2D eigenvalue weighted by molar-refractivity contribution is 6.48. The van der Waals surface area contributed by atoms with E-state index in [0.717, 1.165) is 66.9 Å². The van der Waals surface area contributed by atoms with Crippen LogP contribution in [0.15, 0.2) is 57.7 Å². The highest BCUT2D eigenvalue weighted by Gasteiger charge is 2.29. The smallest absolute Gasteiger partial charge is 0.327 e. The second-order valence-electron chi connectivity index (χ2n) is 12.2. The van der Waals surface area contributed by atoms with Crippen molar-refractivity contribution in [2.24, 2.45) is 5.41 Å². The number of aryl methyl sites for hydroxylation is 2. The number of nitrogens with zero attached hydrogens (tertiary/aromatic N) is 1. The van der Waals surface area contributed by atoms with E-state index in [1.54, 1.807) is 0 Å². The van der Waals surface area contributed by atoms with Gasteiger partial charge >= 0.3 is 7.48 Å². The zero-order chi connectivity index (χ0) is 29.5. The summed E-state index contributed by atoms with van der Waals surface area (Å²) in [5.41, 5.74) is 8.63. The number of anilines is 2. The van der Waals surface area contributed by atoms with Gasteiger partial charge in [-0.3, -0.25) is 4.79 Å². The molecule has 1 saturated heterocycles. The summed E-state index contributed by atoms with van der Waals surface area (Å²) < 4.78 is 6.65. The summed E-state index contributed by atoms with van der Waals surface area (Å²) in [6.45, 7) is 14.3. The van der Waals surface area contributed by atoms with E-state index in [9.17, 15) is 9.82 Å². The summed E-state index contributed by atoms with van der Waals surface area (Å²) in [4.78, 5) is 15.9. The molecule has 211 valence electrons. The van der Waals surface area contributed by atoms with Crippen LogP contribution in [-0.2, 0) is 0 Å². The Bertz CT molecular complexity index is 1680. The Kier molecular flexibility index (Phi) is 7.84. The summed E-state index contributed by atoms with van der Waals surface area (Å²) in [5.74, 6) is 0.686. The Hall–Kier alpha value is -3.84. The molecule has 1 aliphatic rings. The first-order chi connectivity index (χ1) is 19.5. The Labute approximate surface area is 243 Å². The topological polar surface area (TPSA) is 89.6 Å². The van der Waals surface area contributed by atoms with Crippen LogP contribution in [0.3, 0.4) is 0 Å². The number of fused-ring (bicyclic) bond motifs is 1. The summed E-state index contributed by atoms with van der Waals surface area (Å²) in [6, 6.07) is 15.9. The first kappa shape index (κ1) is 28.7. The predicted molar refractivity (Wildman–Crippen MR) is 171 cm³/mol. The molecule has 7 heteroatoms. The number of hydrogen-bond acceptors (Lipinski definition) is 6. The molecule has 1 aromatic heterocycles. The first-order valence-electron chi connectivity index (χ1n) is 14.3. The highest BCUT2D eigenvalue weighted by atomic mass is 16.4. The van der Waals surface area contributed by atoms with E-state index in [1.165, 1.54) is 6.21 Å². The van der Waals surface area contributed by atoms with Crippen LogP contribution in [-0.4, -0.2) is 31.8 Å². The molecule has 4 aromatic rings. The third-order valence-corrected chi connectivity index (χ3v) is 8.55. The zero-order valence-electron chi connectivity index (χ0n) is 24.9. The Balaban J connectivity index is 1.57. The van der Waals surface area contributed by atoms with Gasteiger partial charge in [0.15, 0.2) is 5.43 Å². The lowest BCUT2D eigenvalue weighted by Crippen LogP contribution is -2.38. The van der Waals surface area contributed by atoms with Gasteiger partial charge in [-0.1, -0.05) is 49.7 Å². The van der Waals surface area contributed by atoms with E-state index in [4.69, 9.17) is 9.83 Å². The van der Waals surface area contributed by atoms with Crippen LogP contribution in [0.25, 0.3) is 22.1 Å². The maximum absolute atomic E-state index is 13.6. The summed E-state index contributed by atoms with van der Waals surface area (Å²) in [6.07, 6.45) is 3.38. The minimum Gasteiger partial charge on any atom is -0.450 e. The largest absolute Gasteiger partial charge is 0.450 e. The van der Waals surface area contributed by atoms with Gasteiger partial charge in [-0.2, -0.15) is 0 Å². The van der Waals surface area contributed by atoms with E-state index in [2.05, 4.69) is 37.1 Å². The predicted octanol–water partition coefficient (Wildman–Crippen LogP) is 6.42. The lowest BCUT2D eigenvalue weighted by Gasteiger charge is -2.37. The molecule has 41 heavy (non-hydrogen) atoms. The maximum Gasteiger partial charge on any atom is 0.327 e. The highest BCUT2D eigenvalue weighted by Crippen LogP contribution is 2.37. The summed E-state index contributed by atoms with van der Waals surface area (Å²) >= 11 is 0. The fourth-order valence-electron chi connectivity index (χ4n) is 5.94. The molecule has 1 radical (unpaired) electrons. The van der Waals surface area contributed by atoms with Gasteiger partial charge in [0, 0.05) is 36.1 Å². The van der Waals surface area contributed by atoms with Gasteiger partial charge < -0.3 is 25.1 Å². The van der Waals surface area contributed by atoms with E-state index in [1.807, 2.05) is 63.2 Å². The maximum atomic E-state index is 13.6. The molecule has 0 amide bonds. The fourth-order valence-corrected chi connectivity index (χ4v) is 5.94. The number of para-hydroxylation sites is 1. The van der Waals surface area contributed by atoms with Crippen molar-refractivity contribution in [2.75, 3.05) is 23.3 Å². The Morgan fingerprint density at radius 1 is 1.10 bits per heavy atom. The van der Waals surface area contributed by atoms with Crippen LogP contribution in [0.5, 0.6) is 0 Å². The molecule has 0 spiro atoms. The van der Waals surface area contributed by atoms with Gasteiger partial charge in [0.2, 0.25) is 5.88 Å². The number of nitrogens with one attached hydrogen (secondary N) is 2. The number of hydrogen-bond donors (Lipinski definition) is 3. The van der Waals surface area contributed by atoms with Crippen molar-refractivity contribution in [1.82, 2.24) is 0 Å². The van der Waals surface area contributed by atoms with Gasteiger partial charge in [0.05, 0.1) is 17.0 Å². The van der Waals surface area contributed by atoms with Crippen molar-refractivity contribution in [3.05, 3.63) is 86.6 Å². The van der Waals surface area contributed by atoms with Gasteiger partial charge in [0.25, 0.3) is 0 Å². The molecular formula is C34H39BN3O3. The molecule has 0 aliphatic carbocycles. The van der Waals surface area contributed by atoms with Crippen LogP contribution in [0.2, 0.25) is 0 Å². The molecule has 0 saturated carbocycles. The monoisotopic (exact) mass is 548 g/mol. The second kappa shape index (κ2) is 11.2. The minimum absolute atomic E-state index is 0.0269. The minimum atomic E-state index is -0.161. The summed E-state index contributed by atoms with van der Waals surface area (Å²) in [5, 5.41) is 21.8. The molecule has 3 aromatic carbocycles. The van der Waals surface area contributed by atoms with Crippen LogP contribution in [0, 0.1) is 31.6 Å². The fraction of sp³-hybridized carbons (Fsp3) is 0.353. The average molecular weight is 549 g/mol. The van der Waals surface area contributed by atoms with Gasteiger partial charge in [-0.15, -0.1) is 0 Å². The molecule has 6 nitrogen and oxygen atoms in total. The average Bonchev–Trinajstić information content (AvgIpc) is 2.94. The third kappa shape index (κ3) is 5.56. The molecular weight excluding hydrogens is 509 g/mol. The van der Waals surface area contributed by atoms with Crippen LogP contribution < -0.4 is 21.1 Å². The third-order valence-electron chi connectivity index (χ3n) is 8.55. The molecule has 0 unspecified atom stereocenters. The molecule has 3 N–H and O–H groups in total. The lowest BCUT2D eigenvalue weighted by atomic mass is 9.79. The molecule has 1 aliphatic heterocycles. The van der Waals surface area contributed by atoms with Crippen molar-refractivity contribution >= 4 is 41.7 Å². The molecule has 0 bridgehead atoms. The number of piperidine rings is 1. The van der Waals surface area contributed by atoms with E-state index >= 15 is 0 Å². The van der Waals surface area contributed by atoms with E-state index < -0.39 is 0 Å². The normalized spacial score (nSPS) is 15.5. The van der Waals surface area contributed by atoms with Crippen molar-refractivity contribution in [3.63, 3.8) is 0 Å². The second-order valence-corrected chi connectivity index (χ2v) is 12.2. The van der Waals surface area contributed by atoms with Crippen molar-refractivity contribution in [2.45, 2.75) is 60.4 Å². The Morgan fingerprint density at radius 3 is 2.49 bits per heavy atom. The molecule has 1 fully saturated rings. The lowest BCUT2D eigenvalue weighted by molar-refractivity contribution is 0.274. The van der Waals surface area contributed by atoms with E-state index in [0.29, 0.717) is 38.9 Å². The number of rotatable bonds is 7. The van der Waals surface area contributed by atoms with Gasteiger partial charge in [0.1, 0.15) is 5.58 Å². The summed E-state index contributed by atoms with van der Waals surface area (Å²) in [7, 11) is 1.06. The molecule has 1 atom stereocenters. The Morgan fingerprint density at radius 2 is 1.80 bits per heavy atom. The van der Waals surface area contributed by atoms with Crippen LogP contribution >= 0.6 is 0 Å². The van der Waals surface area contributed by atoms with E-state index in [-0.39, 0.29) is 11.5 Å².